The van der Waals surface area contributed by atoms with Crippen molar-refractivity contribution < 1.29 is 14.1 Å². The molecule has 0 unspecified atom stereocenters. The first-order valence-corrected chi connectivity index (χ1v) is 9.62. The maximum atomic E-state index is 12.7. The van der Waals surface area contributed by atoms with Crippen molar-refractivity contribution in [2.45, 2.75) is 44.2 Å². The molecule has 0 bridgehead atoms. The van der Waals surface area contributed by atoms with Gasteiger partial charge in [0.05, 0.1) is 12.5 Å². The van der Waals surface area contributed by atoms with Crippen LogP contribution in [0.2, 0.25) is 0 Å². The van der Waals surface area contributed by atoms with Gasteiger partial charge in [0.2, 0.25) is 5.91 Å². The minimum atomic E-state index is 0.153. The van der Waals surface area contributed by atoms with Crippen LogP contribution in [0.4, 0.5) is 0 Å². The number of carbonyl (C=O) groups is 1. The molecule has 0 saturated carbocycles. The number of nitrogens with zero attached hydrogens (tertiary/aromatic N) is 3. The highest BCUT2D eigenvalue weighted by Crippen LogP contribution is 2.23. The Kier molecular flexibility index (Phi) is 5.22. The second-order valence-electron chi connectivity index (χ2n) is 7.39. The van der Waals surface area contributed by atoms with E-state index in [4.69, 9.17) is 9.26 Å². The third-order valence-electron chi connectivity index (χ3n) is 5.91. The van der Waals surface area contributed by atoms with Crippen molar-refractivity contribution in [3.63, 3.8) is 0 Å². The standard InChI is InChI=1S/C20H27N3O3/c1-25-16-8-12-22(13-9-16)15-6-10-23(11-7-15)20(24)14-18-17-4-2-3-5-19(17)26-21-18/h2-5,15-16H,6-14H2,1H3. The van der Waals surface area contributed by atoms with Crippen molar-refractivity contribution in [3.05, 3.63) is 30.0 Å². The van der Waals surface area contributed by atoms with Crippen LogP contribution >= 0.6 is 0 Å². The summed E-state index contributed by atoms with van der Waals surface area (Å²) in [6, 6.07) is 8.31. The molecule has 0 N–H and O–H groups in total. The zero-order valence-electron chi connectivity index (χ0n) is 15.4. The Balaban J connectivity index is 1.30. The van der Waals surface area contributed by atoms with Crippen molar-refractivity contribution in [2.75, 3.05) is 33.3 Å². The highest BCUT2D eigenvalue weighted by atomic mass is 16.5. The Morgan fingerprint density at radius 3 is 2.62 bits per heavy atom. The third-order valence-corrected chi connectivity index (χ3v) is 5.91. The number of aromatic nitrogens is 1. The largest absolute Gasteiger partial charge is 0.381 e. The Hall–Kier alpha value is -1.92. The number of benzene rings is 1. The van der Waals surface area contributed by atoms with Gasteiger partial charge in [-0.3, -0.25) is 4.79 Å². The highest BCUT2D eigenvalue weighted by Gasteiger charge is 2.30. The lowest BCUT2D eigenvalue weighted by Gasteiger charge is -2.41. The topological polar surface area (TPSA) is 58.8 Å². The number of fused-ring (bicyclic) bond motifs is 1. The van der Waals surface area contributed by atoms with Gasteiger partial charge < -0.3 is 19.1 Å². The first-order chi connectivity index (χ1) is 12.7. The van der Waals surface area contributed by atoms with Crippen LogP contribution in [0, 0.1) is 0 Å². The average Bonchev–Trinajstić information content (AvgIpc) is 3.11. The summed E-state index contributed by atoms with van der Waals surface area (Å²) in [6.07, 6.45) is 5.10. The van der Waals surface area contributed by atoms with Crippen LogP contribution in [0.1, 0.15) is 31.4 Å². The third kappa shape index (κ3) is 3.62. The maximum absolute atomic E-state index is 12.7. The van der Waals surface area contributed by atoms with Gasteiger partial charge in [0.1, 0.15) is 5.69 Å². The summed E-state index contributed by atoms with van der Waals surface area (Å²) in [6.45, 7) is 3.90. The second kappa shape index (κ2) is 7.76. The van der Waals surface area contributed by atoms with Crippen LogP contribution in [0.25, 0.3) is 11.0 Å². The Morgan fingerprint density at radius 1 is 1.15 bits per heavy atom. The van der Waals surface area contributed by atoms with E-state index in [1.165, 1.54) is 0 Å². The molecule has 0 radical (unpaired) electrons. The molecule has 0 atom stereocenters. The molecular formula is C20H27N3O3. The predicted octanol–water partition coefficient (Wildman–Crippen LogP) is 2.47. The number of amides is 1. The minimum Gasteiger partial charge on any atom is -0.381 e. The molecule has 0 aliphatic carbocycles. The Labute approximate surface area is 154 Å². The van der Waals surface area contributed by atoms with E-state index < -0.39 is 0 Å². The van der Waals surface area contributed by atoms with Gasteiger partial charge >= 0.3 is 0 Å². The molecule has 2 saturated heterocycles. The van der Waals surface area contributed by atoms with Crippen molar-refractivity contribution in [1.82, 2.24) is 15.0 Å². The first kappa shape index (κ1) is 17.5. The molecule has 2 aliphatic rings. The quantitative estimate of drug-likeness (QED) is 0.841. The number of carbonyl (C=O) groups excluding carboxylic acids is 1. The van der Waals surface area contributed by atoms with Crippen molar-refractivity contribution in [2.24, 2.45) is 0 Å². The fraction of sp³-hybridized carbons (Fsp3) is 0.600. The van der Waals surface area contributed by atoms with Gasteiger partial charge in [-0.05, 0) is 37.8 Å². The minimum absolute atomic E-state index is 0.153. The van der Waals surface area contributed by atoms with E-state index in [-0.39, 0.29) is 5.91 Å². The van der Waals surface area contributed by atoms with Crippen LogP contribution < -0.4 is 0 Å². The van der Waals surface area contributed by atoms with Gasteiger partial charge in [-0.1, -0.05) is 17.3 Å². The molecule has 2 aromatic rings. The SMILES string of the molecule is COC1CCN(C2CCN(C(=O)Cc3noc4ccccc34)CC2)CC1. The van der Waals surface area contributed by atoms with Gasteiger partial charge in [0, 0.05) is 44.7 Å². The smallest absolute Gasteiger partial charge is 0.228 e. The van der Waals surface area contributed by atoms with E-state index in [0.717, 1.165) is 68.5 Å². The van der Waals surface area contributed by atoms with Gasteiger partial charge in [-0.25, -0.2) is 0 Å². The molecule has 26 heavy (non-hydrogen) atoms. The molecule has 140 valence electrons. The molecule has 1 amide bonds. The molecule has 2 aliphatic heterocycles. The molecule has 6 heteroatoms. The van der Waals surface area contributed by atoms with Gasteiger partial charge in [0.25, 0.3) is 0 Å². The number of rotatable bonds is 4. The number of piperidine rings is 2. The van der Waals surface area contributed by atoms with Gasteiger partial charge in [-0.15, -0.1) is 0 Å². The molecule has 2 fully saturated rings. The van der Waals surface area contributed by atoms with E-state index in [0.29, 0.717) is 18.6 Å². The number of hydrogen-bond acceptors (Lipinski definition) is 5. The number of hydrogen-bond donors (Lipinski definition) is 0. The van der Waals surface area contributed by atoms with Crippen molar-refractivity contribution in [3.8, 4) is 0 Å². The van der Waals surface area contributed by atoms with Crippen molar-refractivity contribution in [1.29, 1.82) is 0 Å². The summed E-state index contributed by atoms with van der Waals surface area (Å²) in [4.78, 5) is 17.3. The molecule has 6 nitrogen and oxygen atoms in total. The van der Waals surface area contributed by atoms with Crippen LogP contribution in [0.5, 0.6) is 0 Å². The summed E-state index contributed by atoms with van der Waals surface area (Å²) in [5.74, 6) is 0.153. The summed E-state index contributed by atoms with van der Waals surface area (Å²) in [5, 5.41) is 5.03. The summed E-state index contributed by atoms with van der Waals surface area (Å²) >= 11 is 0. The van der Waals surface area contributed by atoms with Gasteiger partial charge in [0.15, 0.2) is 5.58 Å². The fourth-order valence-electron chi connectivity index (χ4n) is 4.28. The normalized spacial score (nSPS) is 20.7. The van der Waals surface area contributed by atoms with E-state index in [1.807, 2.05) is 36.3 Å². The van der Waals surface area contributed by atoms with E-state index in [9.17, 15) is 4.79 Å². The first-order valence-electron chi connectivity index (χ1n) is 9.62. The lowest BCUT2D eigenvalue weighted by Crippen LogP contribution is -2.50. The number of para-hydroxylation sites is 1. The second-order valence-corrected chi connectivity index (χ2v) is 7.39. The summed E-state index contributed by atoms with van der Waals surface area (Å²) in [7, 11) is 1.81. The van der Waals surface area contributed by atoms with E-state index in [1.54, 1.807) is 0 Å². The lowest BCUT2D eigenvalue weighted by atomic mass is 9.98. The molecule has 1 aromatic carbocycles. The molecular weight excluding hydrogens is 330 g/mol. The number of likely N-dealkylation sites (tertiary alicyclic amines) is 2. The fourth-order valence-corrected chi connectivity index (χ4v) is 4.28. The molecule has 4 rings (SSSR count). The molecule has 1 aromatic heterocycles. The zero-order valence-corrected chi connectivity index (χ0v) is 15.4. The van der Waals surface area contributed by atoms with Crippen LogP contribution in [0.15, 0.2) is 28.8 Å². The average molecular weight is 357 g/mol. The molecule has 0 spiro atoms. The van der Waals surface area contributed by atoms with Crippen LogP contribution in [0.3, 0.4) is 0 Å². The number of methoxy groups -OCH3 is 1. The molecule has 3 heterocycles. The summed E-state index contributed by atoms with van der Waals surface area (Å²) in [5.41, 5.74) is 1.49. The summed E-state index contributed by atoms with van der Waals surface area (Å²) < 4.78 is 10.8. The maximum Gasteiger partial charge on any atom is 0.228 e. The zero-order chi connectivity index (χ0) is 17.9. The van der Waals surface area contributed by atoms with Gasteiger partial charge in [-0.2, -0.15) is 0 Å². The number of ether oxygens (including phenoxy) is 1. The Bertz CT molecular complexity index is 744. The monoisotopic (exact) mass is 357 g/mol. The lowest BCUT2D eigenvalue weighted by molar-refractivity contribution is -0.132. The van der Waals surface area contributed by atoms with E-state index in [2.05, 4.69) is 10.1 Å². The Morgan fingerprint density at radius 2 is 1.88 bits per heavy atom. The van der Waals surface area contributed by atoms with Crippen LogP contribution in [-0.4, -0.2) is 66.3 Å². The van der Waals surface area contributed by atoms with Crippen molar-refractivity contribution >= 4 is 16.9 Å². The van der Waals surface area contributed by atoms with E-state index >= 15 is 0 Å². The predicted molar refractivity (Wildman–Crippen MR) is 98.9 cm³/mol. The van der Waals surface area contributed by atoms with Crippen LogP contribution in [-0.2, 0) is 16.0 Å². The highest BCUT2D eigenvalue weighted by molar-refractivity contribution is 5.86.